The molecule has 2 rings (SSSR count). The van der Waals surface area contributed by atoms with E-state index < -0.39 is 33.7 Å². The molecule has 0 unspecified atom stereocenters. The van der Waals surface area contributed by atoms with Crippen molar-refractivity contribution in [2.24, 2.45) is 0 Å². The largest absolute Gasteiger partial charge is 0.477 e. The van der Waals surface area contributed by atoms with Gasteiger partial charge >= 0.3 is 5.97 Å². The summed E-state index contributed by atoms with van der Waals surface area (Å²) in [6.07, 6.45) is 0. The SMILES string of the molecule is Cc1cc(Oc2c(F)cc(C#N)cc2Cl)cc(C(=O)O)c1[N+](=O)[O-]. The lowest BCUT2D eigenvalue weighted by Crippen LogP contribution is -2.05. The fourth-order valence-electron chi connectivity index (χ4n) is 2.05. The van der Waals surface area contributed by atoms with Gasteiger partial charge in [0.25, 0.3) is 5.69 Å². The van der Waals surface area contributed by atoms with E-state index in [4.69, 9.17) is 26.7 Å². The van der Waals surface area contributed by atoms with Crippen molar-refractivity contribution in [2.75, 3.05) is 0 Å². The molecule has 0 heterocycles. The second-order valence-electron chi connectivity index (χ2n) is 4.68. The molecule has 24 heavy (non-hydrogen) atoms. The summed E-state index contributed by atoms with van der Waals surface area (Å²) in [4.78, 5) is 21.4. The number of aromatic carboxylic acids is 1. The second-order valence-corrected chi connectivity index (χ2v) is 5.09. The van der Waals surface area contributed by atoms with E-state index in [2.05, 4.69) is 0 Å². The van der Waals surface area contributed by atoms with Crippen molar-refractivity contribution in [3.8, 4) is 17.6 Å². The van der Waals surface area contributed by atoms with Crippen LogP contribution in [0.3, 0.4) is 0 Å². The van der Waals surface area contributed by atoms with Gasteiger partial charge in [0.1, 0.15) is 11.3 Å². The maximum atomic E-state index is 14.0. The van der Waals surface area contributed by atoms with Gasteiger partial charge in [-0.15, -0.1) is 0 Å². The van der Waals surface area contributed by atoms with Gasteiger partial charge in [0, 0.05) is 11.6 Å². The maximum Gasteiger partial charge on any atom is 0.342 e. The summed E-state index contributed by atoms with van der Waals surface area (Å²) >= 11 is 5.85. The van der Waals surface area contributed by atoms with Crippen LogP contribution in [0.2, 0.25) is 5.02 Å². The van der Waals surface area contributed by atoms with Crippen LogP contribution in [0.25, 0.3) is 0 Å². The van der Waals surface area contributed by atoms with Gasteiger partial charge < -0.3 is 9.84 Å². The Kier molecular flexibility index (Phi) is 4.66. The van der Waals surface area contributed by atoms with Crippen molar-refractivity contribution < 1.29 is 24.0 Å². The summed E-state index contributed by atoms with van der Waals surface area (Å²) in [5.74, 6) is -3.00. The molecule has 1 N–H and O–H groups in total. The number of hydrogen-bond acceptors (Lipinski definition) is 5. The number of nitriles is 1. The maximum absolute atomic E-state index is 14.0. The molecular weight excluding hydrogens is 343 g/mol. The van der Waals surface area contributed by atoms with Crippen LogP contribution in [0.15, 0.2) is 24.3 Å². The number of rotatable bonds is 4. The number of hydrogen-bond donors (Lipinski definition) is 1. The van der Waals surface area contributed by atoms with Crippen molar-refractivity contribution in [1.29, 1.82) is 5.26 Å². The van der Waals surface area contributed by atoms with Crippen LogP contribution in [0.5, 0.6) is 11.5 Å². The van der Waals surface area contributed by atoms with Crippen LogP contribution < -0.4 is 4.74 Å². The number of halogens is 2. The van der Waals surface area contributed by atoms with Gasteiger partial charge in [-0.2, -0.15) is 5.26 Å². The molecule has 0 radical (unpaired) electrons. The first kappa shape index (κ1) is 17.2. The van der Waals surface area contributed by atoms with Gasteiger partial charge in [0.05, 0.1) is 21.6 Å². The van der Waals surface area contributed by atoms with E-state index in [1.54, 1.807) is 6.07 Å². The monoisotopic (exact) mass is 350 g/mol. The summed E-state index contributed by atoms with van der Waals surface area (Å²) in [7, 11) is 0. The summed E-state index contributed by atoms with van der Waals surface area (Å²) in [6, 6.07) is 5.89. The lowest BCUT2D eigenvalue weighted by molar-refractivity contribution is -0.385. The Hall–Kier alpha value is -3.18. The van der Waals surface area contributed by atoms with E-state index in [1.165, 1.54) is 19.1 Å². The normalized spacial score (nSPS) is 10.1. The third kappa shape index (κ3) is 3.26. The van der Waals surface area contributed by atoms with E-state index in [0.29, 0.717) is 0 Å². The zero-order valence-electron chi connectivity index (χ0n) is 12.0. The molecule has 0 aromatic heterocycles. The number of nitro groups is 1. The average molecular weight is 351 g/mol. The molecule has 0 atom stereocenters. The number of aryl methyl sites for hydroxylation is 1. The molecule has 0 spiro atoms. The molecule has 0 aliphatic heterocycles. The van der Waals surface area contributed by atoms with E-state index >= 15 is 0 Å². The quantitative estimate of drug-likeness (QED) is 0.657. The third-order valence-electron chi connectivity index (χ3n) is 3.03. The molecule has 0 aliphatic rings. The Bertz CT molecular complexity index is 884. The molecule has 9 heteroatoms. The van der Waals surface area contributed by atoms with Crippen molar-refractivity contribution in [3.05, 3.63) is 61.9 Å². The minimum Gasteiger partial charge on any atom is -0.477 e. The summed E-state index contributed by atoms with van der Waals surface area (Å²) in [6.45, 7) is 1.33. The molecule has 7 nitrogen and oxygen atoms in total. The number of nitro benzene ring substituents is 1. The first-order valence-electron chi connectivity index (χ1n) is 6.34. The molecule has 0 saturated carbocycles. The Balaban J connectivity index is 2.55. The molecule has 0 amide bonds. The zero-order valence-corrected chi connectivity index (χ0v) is 12.8. The summed E-state index contributed by atoms with van der Waals surface area (Å²) in [5.41, 5.74) is -1.17. The average Bonchev–Trinajstić information content (AvgIpc) is 2.49. The molecule has 0 saturated heterocycles. The highest BCUT2D eigenvalue weighted by Crippen LogP contribution is 2.36. The van der Waals surface area contributed by atoms with Gasteiger partial charge in [-0.3, -0.25) is 10.1 Å². The molecule has 0 fully saturated rings. The van der Waals surface area contributed by atoms with Crippen LogP contribution >= 0.6 is 11.6 Å². The van der Waals surface area contributed by atoms with Crippen LogP contribution in [0.1, 0.15) is 21.5 Å². The highest BCUT2D eigenvalue weighted by Gasteiger charge is 2.25. The van der Waals surface area contributed by atoms with Crippen molar-refractivity contribution in [1.82, 2.24) is 0 Å². The Morgan fingerprint density at radius 2 is 2.08 bits per heavy atom. The number of carbonyl (C=O) groups is 1. The standard InChI is InChI=1S/C15H8ClFN2O5/c1-7-2-9(5-10(15(20)21)13(7)19(22)23)24-14-11(16)3-8(6-18)4-12(14)17/h2-5H,1H3,(H,20,21). The highest BCUT2D eigenvalue weighted by molar-refractivity contribution is 6.32. The van der Waals surface area contributed by atoms with Gasteiger partial charge in [-0.25, -0.2) is 9.18 Å². The summed E-state index contributed by atoms with van der Waals surface area (Å²) in [5, 5.41) is 28.6. The van der Waals surface area contributed by atoms with E-state index in [1.807, 2.05) is 0 Å². The molecule has 0 bridgehead atoms. The minimum atomic E-state index is -1.53. The first-order valence-corrected chi connectivity index (χ1v) is 6.71. The predicted molar refractivity (Wildman–Crippen MR) is 81.0 cm³/mol. The molecule has 122 valence electrons. The van der Waals surface area contributed by atoms with Gasteiger partial charge in [0.15, 0.2) is 11.6 Å². The number of carboxylic acid groups (broad SMARTS) is 1. The van der Waals surface area contributed by atoms with Crippen molar-refractivity contribution in [2.45, 2.75) is 6.92 Å². The second kappa shape index (κ2) is 6.52. The minimum absolute atomic E-state index is 0.0176. The Morgan fingerprint density at radius 3 is 2.58 bits per heavy atom. The smallest absolute Gasteiger partial charge is 0.342 e. The van der Waals surface area contributed by atoms with Crippen molar-refractivity contribution in [3.63, 3.8) is 0 Å². The first-order chi connectivity index (χ1) is 11.2. The van der Waals surface area contributed by atoms with Crippen LogP contribution in [0, 0.1) is 34.2 Å². The van der Waals surface area contributed by atoms with Gasteiger partial charge in [0.2, 0.25) is 0 Å². The number of nitrogens with zero attached hydrogens (tertiary/aromatic N) is 2. The lowest BCUT2D eigenvalue weighted by Gasteiger charge is -2.11. The predicted octanol–water partition coefficient (Wildman–Crippen LogP) is 4.06. The molecular formula is C15H8ClFN2O5. The third-order valence-corrected chi connectivity index (χ3v) is 3.32. The fourth-order valence-corrected chi connectivity index (χ4v) is 2.30. The number of benzene rings is 2. The van der Waals surface area contributed by atoms with Crippen LogP contribution in [-0.2, 0) is 0 Å². The van der Waals surface area contributed by atoms with Gasteiger partial charge in [-0.1, -0.05) is 11.6 Å². The fraction of sp³-hybridized carbons (Fsp3) is 0.0667. The summed E-state index contributed by atoms with van der Waals surface area (Å²) < 4.78 is 19.2. The lowest BCUT2D eigenvalue weighted by atomic mass is 10.1. The van der Waals surface area contributed by atoms with E-state index in [0.717, 1.165) is 12.1 Å². The van der Waals surface area contributed by atoms with E-state index in [9.17, 15) is 19.3 Å². The highest BCUT2D eigenvalue weighted by atomic mass is 35.5. The van der Waals surface area contributed by atoms with Crippen LogP contribution in [0.4, 0.5) is 10.1 Å². The topological polar surface area (TPSA) is 113 Å². The Labute approximate surface area is 139 Å². The Morgan fingerprint density at radius 1 is 1.42 bits per heavy atom. The van der Waals surface area contributed by atoms with E-state index in [-0.39, 0.29) is 21.9 Å². The number of carboxylic acids is 1. The van der Waals surface area contributed by atoms with Crippen molar-refractivity contribution >= 4 is 23.3 Å². The van der Waals surface area contributed by atoms with Gasteiger partial charge in [-0.05, 0) is 25.1 Å². The number of ether oxygens (including phenoxy) is 1. The molecule has 2 aromatic rings. The van der Waals surface area contributed by atoms with Crippen LogP contribution in [-0.4, -0.2) is 16.0 Å². The zero-order chi connectivity index (χ0) is 18.0. The molecule has 2 aromatic carbocycles. The molecule has 0 aliphatic carbocycles.